The van der Waals surface area contributed by atoms with Crippen LogP contribution in [-0.2, 0) is 4.79 Å². The molecule has 0 saturated carbocycles. The van der Waals surface area contributed by atoms with Gasteiger partial charge < -0.3 is 5.32 Å². The van der Waals surface area contributed by atoms with E-state index in [1.807, 2.05) is 41.8 Å². The monoisotopic (exact) mass is 451 g/mol. The van der Waals surface area contributed by atoms with Gasteiger partial charge in [0.2, 0.25) is 5.91 Å². The van der Waals surface area contributed by atoms with Crippen molar-refractivity contribution in [3.8, 4) is 21.8 Å². The van der Waals surface area contributed by atoms with E-state index < -0.39 is 0 Å². The number of anilines is 1. The van der Waals surface area contributed by atoms with E-state index in [0.717, 1.165) is 27.4 Å². The lowest BCUT2D eigenvalue weighted by atomic mass is 10.1. The third-order valence-corrected chi connectivity index (χ3v) is 5.84. The van der Waals surface area contributed by atoms with E-state index in [-0.39, 0.29) is 5.91 Å². The normalized spacial score (nSPS) is 11.0. The summed E-state index contributed by atoms with van der Waals surface area (Å²) in [5, 5.41) is 6.68. The number of nitrogens with zero attached hydrogens (tertiary/aromatic N) is 2. The summed E-state index contributed by atoms with van der Waals surface area (Å²) in [4.78, 5) is 21.1. The molecule has 0 saturated heterocycles. The average Bonchev–Trinajstić information content (AvgIpc) is 3.26. The highest BCUT2D eigenvalue weighted by atomic mass is 35.5. The summed E-state index contributed by atoms with van der Waals surface area (Å²) in [5.41, 5.74) is 4.23. The molecule has 0 aliphatic carbocycles. The van der Waals surface area contributed by atoms with Crippen molar-refractivity contribution in [2.24, 2.45) is 0 Å². The summed E-state index contributed by atoms with van der Waals surface area (Å²) < 4.78 is 0. The van der Waals surface area contributed by atoms with E-state index in [1.54, 1.807) is 48.0 Å². The number of pyridine rings is 1. The highest BCUT2D eigenvalue weighted by Gasteiger charge is 2.08. The van der Waals surface area contributed by atoms with Crippen molar-refractivity contribution in [1.29, 1.82) is 0 Å². The number of hydrogen-bond acceptors (Lipinski definition) is 4. The first kappa shape index (κ1) is 20.3. The van der Waals surface area contributed by atoms with Crippen LogP contribution in [0.3, 0.4) is 0 Å². The molecular formula is C23H15Cl2N3OS. The molecule has 1 amide bonds. The molecule has 0 unspecified atom stereocenters. The van der Waals surface area contributed by atoms with E-state index in [2.05, 4.69) is 10.3 Å². The molecule has 0 aliphatic rings. The van der Waals surface area contributed by atoms with Crippen LogP contribution in [0.2, 0.25) is 10.0 Å². The van der Waals surface area contributed by atoms with Crippen LogP contribution < -0.4 is 5.32 Å². The molecule has 7 heteroatoms. The number of hydrogen-bond donors (Lipinski definition) is 1. The second-order valence-corrected chi connectivity index (χ2v) is 8.03. The maximum atomic E-state index is 12.3. The van der Waals surface area contributed by atoms with Crippen LogP contribution in [-0.4, -0.2) is 15.9 Å². The van der Waals surface area contributed by atoms with Gasteiger partial charge in [0.05, 0.1) is 15.7 Å². The molecule has 2 aromatic carbocycles. The zero-order chi connectivity index (χ0) is 20.9. The Kier molecular flexibility index (Phi) is 6.23. The number of thiazole rings is 1. The topological polar surface area (TPSA) is 54.9 Å². The summed E-state index contributed by atoms with van der Waals surface area (Å²) in [6.45, 7) is 0. The van der Waals surface area contributed by atoms with Gasteiger partial charge in [-0.2, -0.15) is 0 Å². The lowest BCUT2D eigenvalue weighted by Crippen LogP contribution is -2.07. The van der Waals surface area contributed by atoms with Crippen molar-refractivity contribution in [3.05, 3.63) is 94.1 Å². The van der Waals surface area contributed by atoms with Crippen molar-refractivity contribution in [2.45, 2.75) is 0 Å². The molecule has 0 aliphatic heterocycles. The van der Waals surface area contributed by atoms with Gasteiger partial charge in [0, 0.05) is 40.7 Å². The van der Waals surface area contributed by atoms with Crippen LogP contribution >= 0.6 is 34.5 Å². The summed E-state index contributed by atoms with van der Waals surface area (Å²) in [6, 6.07) is 16.6. The van der Waals surface area contributed by atoms with Crippen molar-refractivity contribution in [1.82, 2.24) is 9.97 Å². The van der Waals surface area contributed by atoms with Gasteiger partial charge in [-0.1, -0.05) is 41.4 Å². The Hall–Kier alpha value is -2.99. The lowest BCUT2D eigenvalue weighted by molar-refractivity contribution is -0.111. The third kappa shape index (κ3) is 4.94. The summed E-state index contributed by atoms with van der Waals surface area (Å²) in [5.74, 6) is -0.243. The molecular weight excluding hydrogens is 437 g/mol. The van der Waals surface area contributed by atoms with Gasteiger partial charge in [-0.15, -0.1) is 11.3 Å². The van der Waals surface area contributed by atoms with E-state index in [1.165, 1.54) is 6.08 Å². The SMILES string of the molecule is O=C(/C=C/c1ccc(Cl)c(Cl)c1)Nc1cccc(-c2csc(-c3cccnc3)n2)c1. The second-order valence-electron chi connectivity index (χ2n) is 6.36. The predicted octanol–water partition coefficient (Wildman–Crippen LogP) is 6.83. The molecule has 0 radical (unpaired) electrons. The Labute approximate surface area is 187 Å². The Bertz CT molecular complexity index is 1220. The first-order valence-corrected chi connectivity index (χ1v) is 10.6. The lowest BCUT2D eigenvalue weighted by Gasteiger charge is -2.04. The molecule has 30 heavy (non-hydrogen) atoms. The van der Waals surface area contributed by atoms with E-state index >= 15 is 0 Å². The summed E-state index contributed by atoms with van der Waals surface area (Å²) >= 11 is 13.5. The molecule has 4 aromatic rings. The van der Waals surface area contributed by atoms with Gasteiger partial charge in [-0.05, 0) is 48.0 Å². The number of benzene rings is 2. The number of amides is 1. The van der Waals surface area contributed by atoms with Gasteiger partial charge in [0.15, 0.2) is 0 Å². The van der Waals surface area contributed by atoms with Crippen LogP contribution in [0.25, 0.3) is 27.9 Å². The van der Waals surface area contributed by atoms with E-state index in [4.69, 9.17) is 28.2 Å². The first-order valence-electron chi connectivity index (χ1n) is 8.99. The van der Waals surface area contributed by atoms with Crippen molar-refractivity contribution >= 4 is 52.2 Å². The molecule has 0 atom stereocenters. The fraction of sp³-hybridized carbons (Fsp3) is 0. The largest absolute Gasteiger partial charge is 0.322 e. The van der Waals surface area contributed by atoms with Gasteiger partial charge in [0.25, 0.3) is 0 Å². The number of aromatic nitrogens is 2. The number of nitrogens with one attached hydrogen (secondary N) is 1. The smallest absolute Gasteiger partial charge is 0.248 e. The summed E-state index contributed by atoms with van der Waals surface area (Å²) in [7, 11) is 0. The van der Waals surface area contributed by atoms with Gasteiger partial charge in [-0.3, -0.25) is 9.78 Å². The second kappa shape index (κ2) is 9.22. The predicted molar refractivity (Wildman–Crippen MR) is 125 cm³/mol. The standard InChI is InChI=1S/C23H15Cl2N3OS/c24-19-8-6-15(11-20(19)25)7-9-22(29)27-18-5-1-3-16(12-18)21-14-30-23(28-21)17-4-2-10-26-13-17/h1-14H,(H,27,29)/b9-7+. The quantitative estimate of drug-likeness (QED) is 0.338. The summed E-state index contributed by atoms with van der Waals surface area (Å²) in [6.07, 6.45) is 6.66. The Morgan fingerprint density at radius 2 is 1.87 bits per heavy atom. The Morgan fingerprint density at radius 1 is 1.00 bits per heavy atom. The van der Waals surface area contributed by atoms with Crippen molar-refractivity contribution < 1.29 is 4.79 Å². The van der Waals surface area contributed by atoms with Crippen LogP contribution in [0.4, 0.5) is 5.69 Å². The molecule has 1 N–H and O–H groups in total. The highest BCUT2D eigenvalue weighted by molar-refractivity contribution is 7.13. The maximum absolute atomic E-state index is 12.3. The first-order chi connectivity index (χ1) is 14.6. The highest BCUT2D eigenvalue weighted by Crippen LogP contribution is 2.29. The molecule has 148 valence electrons. The minimum Gasteiger partial charge on any atom is -0.322 e. The molecule has 0 fully saturated rings. The average molecular weight is 452 g/mol. The van der Waals surface area contributed by atoms with Crippen LogP contribution in [0.1, 0.15) is 5.56 Å². The number of carbonyl (C=O) groups excluding carboxylic acids is 1. The number of carbonyl (C=O) groups is 1. The zero-order valence-corrected chi connectivity index (χ0v) is 17.9. The van der Waals surface area contributed by atoms with Gasteiger partial charge in [-0.25, -0.2) is 4.98 Å². The van der Waals surface area contributed by atoms with Gasteiger partial charge in [0.1, 0.15) is 5.01 Å². The van der Waals surface area contributed by atoms with Crippen LogP contribution in [0.5, 0.6) is 0 Å². The van der Waals surface area contributed by atoms with Gasteiger partial charge >= 0.3 is 0 Å². The molecule has 2 aromatic heterocycles. The Morgan fingerprint density at radius 3 is 2.67 bits per heavy atom. The van der Waals surface area contributed by atoms with E-state index in [0.29, 0.717) is 15.7 Å². The number of halogens is 2. The fourth-order valence-corrected chi connectivity index (χ4v) is 3.88. The maximum Gasteiger partial charge on any atom is 0.248 e. The van der Waals surface area contributed by atoms with Crippen LogP contribution in [0.15, 0.2) is 78.4 Å². The molecule has 2 heterocycles. The van der Waals surface area contributed by atoms with Crippen molar-refractivity contribution in [2.75, 3.05) is 5.32 Å². The molecule has 4 nitrogen and oxygen atoms in total. The molecule has 0 spiro atoms. The molecule has 0 bridgehead atoms. The van der Waals surface area contributed by atoms with Crippen molar-refractivity contribution in [3.63, 3.8) is 0 Å². The minimum absolute atomic E-state index is 0.243. The number of rotatable bonds is 5. The fourth-order valence-electron chi connectivity index (χ4n) is 2.76. The minimum atomic E-state index is -0.243. The van der Waals surface area contributed by atoms with E-state index in [9.17, 15) is 4.79 Å². The Balaban J connectivity index is 1.47. The van der Waals surface area contributed by atoms with Crippen LogP contribution in [0, 0.1) is 0 Å². The zero-order valence-electron chi connectivity index (χ0n) is 15.5. The molecule has 4 rings (SSSR count). The third-order valence-electron chi connectivity index (χ3n) is 4.21.